The molecule has 0 saturated heterocycles. The van der Waals surface area contributed by atoms with Gasteiger partial charge in [0.25, 0.3) is 0 Å². The fraction of sp³-hybridized carbons (Fsp3) is 0.571. The van der Waals surface area contributed by atoms with Crippen LogP contribution in [0.2, 0.25) is 0 Å². The summed E-state index contributed by atoms with van der Waals surface area (Å²) in [5.74, 6) is -1.05. The van der Waals surface area contributed by atoms with Crippen molar-refractivity contribution >= 4 is 11.9 Å². The summed E-state index contributed by atoms with van der Waals surface area (Å²) in [7, 11) is 0. The second-order valence-electron chi connectivity index (χ2n) is 3.96. The molecule has 0 bridgehead atoms. The Morgan fingerprint density at radius 2 is 1.25 bits per heavy atom. The lowest BCUT2D eigenvalue weighted by Gasteiger charge is -2.21. The third-order valence-corrected chi connectivity index (χ3v) is 2.14. The molecule has 6 nitrogen and oxygen atoms in total. The van der Waals surface area contributed by atoms with Crippen LogP contribution < -0.4 is 0 Å². The predicted octanol–water partition coefficient (Wildman–Crippen LogP) is 1.60. The fourth-order valence-electron chi connectivity index (χ4n) is 1.23. The molecule has 20 heavy (non-hydrogen) atoms. The van der Waals surface area contributed by atoms with Gasteiger partial charge in [-0.1, -0.05) is 25.3 Å². The van der Waals surface area contributed by atoms with E-state index >= 15 is 0 Å². The van der Waals surface area contributed by atoms with Gasteiger partial charge in [0.05, 0.1) is 0 Å². The molecule has 0 radical (unpaired) electrons. The van der Waals surface area contributed by atoms with Crippen molar-refractivity contribution in [3.05, 3.63) is 25.3 Å². The van der Waals surface area contributed by atoms with Gasteiger partial charge < -0.3 is 18.9 Å². The van der Waals surface area contributed by atoms with Gasteiger partial charge in [-0.2, -0.15) is 0 Å². The lowest BCUT2D eigenvalue weighted by atomic mass is 10.4. The molecule has 0 aromatic carbocycles. The normalized spacial score (nSPS) is 14.8. The minimum absolute atomic E-state index is 0.117. The highest BCUT2D eigenvalue weighted by Crippen LogP contribution is 2.06. The Hall–Kier alpha value is -1.66. The molecule has 1 unspecified atom stereocenters. The molecule has 0 rings (SSSR count). The molecule has 0 aliphatic heterocycles. The Kier molecular flexibility index (Phi) is 9.32. The standard InChI is InChI=1S/C14H22O6/c1-6-8-17-13(15)10(3)19-12(5)20-11(4)14(16)18-9-7-2/h6-7,10-12H,1-2,8-9H2,3-5H3/t10-,11+,12?. The molecule has 0 spiro atoms. The molecule has 114 valence electrons. The average Bonchev–Trinajstić information content (AvgIpc) is 2.41. The van der Waals surface area contributed by atoms with Crippen molar-refractivity contribution in [3.63, 3.8) is 0 Å². The first-order chi connectivity index (χ1) is 9.42. The summed E-state index contributed by atoms with van der Waals surface area (Å²) in [4.78, 5) is 22.9. The lowest BCUT2D eigenvalue weighted by Crippen LogP contribution is -2.33. The monoisotopic (exact) mass is 286 g/mol. The van der Waals surface area contributed by atoms with Crippen LogP contribution >= 0.6 is 0 Å². The first-order valence-electron chi connectivity index (χ1n) is 6.28. The summed E-state index contributed by atoms with van der Waals surface area (Å²) < 4.78 is 20.2. The van der Waals surface area contributed by atoms with Crippen molar-refractivity contribution in [3.8, 4) is 0 Å². The molecular formula is C14H22O6. The quantitative estimate of drug-likeness (QED) is 0.345. The first kappa shape index (κ1) is 18.3. The van der Waals surface area contributed by atoms with Gasteiger partial charge in [0.1, 0.15) is 13.2 Å². The maximum atomic E-state index is 11.4. The Labute approximate surface area is 119 Å². The van der Waals surface area contributed by atoms with E-state index in [0.717, 1.165) is 0 Å². The second kappa shape index (κ2) is 10.2. The molecule has 3 atom stereocenters. The van der Waals surface area contributed by atoms with Gasteiger partial charge in [0, 0.05) is 0 Å². The third-order valence-electron chi connectivity index (χ3n) is 2.14. The Balaban J connectivity index is 4.10. The minimum Gasteiger partial charge on any atom is -0.460 e. The molecule has 0 aromatic heterocycles. The maximum Gasteiger partial charge on any atom is 0.335 e. The van der Waals surface area contributed by atoms with Crippen molar-refractivity contribution in [2.45, 2.75) is 39.3 Å². The smallest absolute Gasteiger partial charge is 0.335 e. The average molecular weight is 286 g/mol. The highest BCUT2D eigenvalue weighted by Gasteiger charge is 2.22. The van der Waals surface area contributed by atoms with Crippen molar-refractivity contribution in [1.82, 2.24) is 0 Å². The second-order valence-corrected chi connectivity index (χ2v) is 3.96. The van der Waals surface area contributed by atoms with Crippen molar-refractivity contribution < 1.29 is 28.5 Å². The Morgan fingerprint density at radius 3 is 1.55 bits per heavy atom. The number of esters is 2. The van der Waals surface area contributed by atoms with Crippen molar-refractivity contribution in [1.29, 1.82) is 0 Å². The van der Waals surface area contributed by atoms with Gasteiger partial charge in [-0.3, -0.25) is 0 Å². The summed E-state index contributed by atoms with van der Waals surface area (Å²) in [5, 5.41) is 0. The molecular weight excluding hydrogens is 264 g/mol. The molecule has 0 aromatic rings. The van der Waals surface area contributed by atoms with E-state index in [-0.39, 0.29) is 13.2 Å². The highest BCUT2D eigenvalue weighted by atomic mass is 16.7. The number of carbonyl (C=O) groups excluding carboxylic acids is 2. The molecule has 0 fully saturated rings. The van der Waals surface area contributed by atoms with Crippen LogP contribution in [0.5, 0.6) is 0 Å². The molecule has 0 saturated carbocycles. The zero-order valence-corrected chi connectivity index (χ0v) is 12.2. The van der Waals surface area contributed by atoms with E-state index in [0.29, 0.717) is 0 Å². The predicted molar refractivity (Wildman–Crippen MR) is 72.9 cm³/mol. The van der Waals surface area contributed by atoms with E-state index in [1.165, 1.54) is 26.0 Å². The van der Waals surface area contributed by atoms with Gasteiger partial charge in [-0.25, -0.2) is 9.59 Å². The molecule has 6 heteroatoms. The number of hydrogen-bond acceptors (Lipinski definition) is 6. The van der Waals surface area contributed by atoms with Crippen LogP contribution in [0.15, 0.2) is 25.3 Å². The van der Waals surface area contributed by atoms with Crippen LogP contribution in [0.25, 0.3) is 0 Å². The van der Waals surface area contributed by atoms with Crippen LogP contribution in [-0.4, -0.2) is 43.7 Å². The maximum absolute atomic E-state index is 11.4. The van der Waals surface area contributed by atoms with Gasteiger partial charge in [0.2, 0.25) is 0 Å². The van der Waals surface area contributed by atoms with E-state index in [4.69, 9.17) is 18.9 Å². The largest absolute Gasteiger partial charge is 0.460 e. The topological polar surface area (TPSA) is 71.1 Å². The summed E-state index contributed by atoms with van der Waals surface area (Å²) in [5.41, 5.74) is 0. The zero-order valence-electron chi connectivity index (χ0n) is 12.2. The van der Waals surface area contributed by atoms with E-state index in [1.54, 1.807) is 6.92 Å². The summed E-state index contributed by atoms with van der Waals surface area (Å²) >= 11 is 0. The fourth-order valence-corrected chi connectivity index (χ4v) is 1.23. The van der Waals surface area contributed by atoms with Gasteiger partial charge in [-0.15, -0.1) is 0 Å². The zero-order chi connectivity index (χ0) is 15.5. The molecule has 0 amide bonds. The summed E-state index contributed by atoms with van der Waals surface area (Å²) in [6, 6.07) is 0. The van der Waals surface area contributed by atoms with E-state index in [9.17, 15) is 9.59 Å². The van der Waals surface area contributed by atoms with E-state index < -0.39 is 30.4 Å². The van der Waals surface area contributed by atoms with Gasteiger partial charge in [-0.05, 0) is 20.8 Å². The van der Waals surface area contributed by atoms with Gasteiger partial charge >= 0.3 is 11.9 Å². The van der Waals surface area contributed by atoms with Crippen LogP contribution in [0.1, 0.15) is 20.8 Å². The van der Waals surface area contributed by atoms with Crippen LogP contribution in [0, 0.1) is 0 Å². The van der Waals surface area contributed by atoms with E-state index in [1.807, 2.05) is 0 Å². The Bertz CT molecular complexity index is 307. The number of carbonyl (C=O) groups is 2. The van der Waals surface area contributed by atoms with Crippen molar-refractivity contribution in [2.24, 2.45) is 0 Å². The van der Waals surface area contributed by atoms with Crippen LogP contribution in [-0.2, 0) is 28.5 Å². The first-order valence-corrected chi connectivity index (χ1v) is 6.28. The minimum atomic E-state index is -0.804. The highest BCUT2D eigenvalue weighted by molar-refractivity contribution is 5.74. The number of rotatable bonds is 10. The third kappa shape index (κ3) is 7.70. The van der Waals surface area contributed by atoms with Gasteiger partial charge in [0.15, 0.2) is 18.5 Å². The molecule has 0 aliphatic carbocycles. The molecule has 0 heterocycles. The van der Waals surface area contributed by atoms with Crippen LogP contribution in [0.4, 0.5) is 0 Å². The van der Waals surface area contributed by atoms with Crippen molar-refractivity contribution in [2.75, 3.05) is 13.2 Å². The van der Waals surface area contributed by atoms with Crippen LogP contribution in [0.3, 0.4) is 0 Å². The summed E-state index contributed by atoms with van der Waals surface area (Å²) in [6.45, 7) is 11.7. The Morgan fingerprint density at radius 1 is 0.900 bits per heavy atom. The summed E-state index contributed by atoms with van der Waals surface area (Å²) in [6.07, 6.45) is 0.556. The number of hydrogen-bond donors (Lipinski definition) is 0. The number of ether oxygens (including phenoxy) is 4. The lowest BCUT2D eigenvalue weighted by molar-refractivity contribution is -0.203. The molecule has 0 aliphatic rings. The molecule has 0 N–H and O–H groups in total. The van der Waals surface area contributed by atoms with E-state index in [2.05, 4.69) is 13.2 Å². The SMILES string of the molecule is C=CCOC(=O)[C@H](C)OC(C)O[C@H](C)C(=O)OCC=C.